The zero-order valence-corrected chi connectivity index (χ0v) is 10.8. The third-order valence-electron chi connectivity index (χ3n) is 2.43. The number of carbonyl (C=O) groups excluding carboxylic acids is 1. The van der Waals surface area contributed by atoms with E-state index in [1.165, 1.54) is 0 Å². The van der Waals surface area contributed by atoms with Crippen molar-refractivity contribution in [2.45, 2.75) is 32.9 Å². The average molecular weight is 249 g/mol. The first-order valence-electron chi connectivity index (χ1n) is 6.04. The molecule has 0 bridgehead atoms. The summed E-state index contributed by atoms with van der Waals surface area (Å²) < 4.78 is 5.22. The summed E-state index contributed by atoms with van der Waals surface area (Å²) in [5.74, 6) is 0.709. The van der Waals surface area contributed by atoms with Crippen LogP contribution >= 0.6 is 0 Å². The van der Waals surface area contributed by atoms with E-state index < -0.39 is 0 Å². The molecule has 1 N–H and O–H groups in total. The molecular weight excluding hydrogens is 230 g/mol. The molecule has 5 nitrogen and oxygen atoms in total. The average Bonchev–Trinajstić information content (AvgIpc) is 2.84. The first kappa shape index (κ1) is 14.3. The van der Waals surface area contributed by atoms with Crippen molar-refractivity contribution in [3.05, 3.63) is 24.2 Å². The van der Waals surface area contributed by atoms with Gasteiger partial charge in [-0.2, -0.15) is 5.26 Å². The van der Waals surface area contributed by atoms with Gasteiger partial charge in [0.2, 0.25) is 5.91 Å². The van der Waals surface area contributed by atoms with E-state index in [4.69, 9.17) is 9.68 Å². The smallest absolute Gasteiger partial charge is 0.236 e. The predicted molar refractivity (Wildman–Crippen MR) is 67.5 cm³/mol. The first-order chi connectivity index (χ1) is 8.63. The van der Waals surface area contributed by atoms with Crippen molar-refractivity contribution < 1.29 is 9.21 Å². The lowest BCUT2D eigenvalue weighted by molar-refractivity contribution is -0.131. The molecule has 0 radical (unpaired) electrons. The highest BCUT2D eigenvalue weighted by molar-refractivity contribution is 5.78. The zero-order valence-electron chi connectivity index (χ0n) is 10.8. The van der Waals surface area contributed by atoms with Gasteiger partial charge in [-0.25, -0.2) is 0 Å². The van der Waals surface area contributed by atoms with Crippen LogP contribution in [0.4, 0.5) is 0 Å². The van der Waals surface area contributed by atoms with Crippen LogP contribution in [0.3, 0.4) is 0 Å². The Hall–Kier alpha value is -1.80. The molecule has 1 rings (SSSR count). The summed E-state index contributed by atoms with van der Waals surface area (Å²) in [5.41, 5.74) is 0. The van der Waals surface area contributed by atoms with Crippen LogP contribution in [0.2, 0.25) is 0 Å². The van der Waals surface area contributed by atoms with Gasteiger partial charge in [0.1, 0.15) is 5.76 Å². The summed E-state index contributed by atoms with van der Waals surface area (Å²) >= 11 is 0. The van der Waals surface area contributed by atoms with Crippen LogP contribution in [0.15, 0.2) is 22.8 Å². The van der Waals surface area contributed by atoms with Gasteiger partial charge < -0.3 is 14.6 Å². The van der Waals surface area contributed by atoms with Crippen molar-refractivity contribution >= 4 is 5.91 Å². The second kappa shape index (κ2) is 7.51. The lowest BCUT2D eigenvalue weighted by Gasteiger charge is -2.21. The van der Waals surface area contributed by atoms with Crippen LogP contribution in [-0.4, -0.2) is 29.9 Å². The minimum atomic E-state index is -0.0182. The molecule has 0 aliphatic rings. The van der Waals surface area contributed by atoms with Crippen LogP contribution in [0, 0.1) is 11.3 Å². The fourth-order valence-electron chi connectivity index (χ4n) is 1.47. The number of rotatable bonds is 7. The van der Waals surface area contributed by atoms with Gasteiger partial charge >= 0.3 is 0 Å². The van der Waals surface area contributed by atoms with Crippen LogP contribution < -0.4 is 5.32 Å². The Morgan fingerprint density at radius 1 is 1.61 bits per heavy atom. The summed E-state index contributed by atoms with van der Waals surface area (Å²) in [5, 5.41) is 11.7. The van der Waals surface area contributed by atoms with Gasteiger partial charge in [-0.1, -0.05) is 13.8 Å². The van der Waals surface area contributed by atoms with Gasteiger partial charge in [0.15, 0.2) is 0 Å². The second-order valence-corrected chi connectivity index (χ2v) is 4.34. The fourth-order valence-corrected chi connectivity index (χ4v) is 1.47. The lowest BCUT2D eigenvalue weighted by atomic mass is 10.3. The van der Waals surface area contributed by atoms with Crippen molar-refractivity contribution in [1.82, 2.24) is 10.2 Å². The van der Waals surface area contributed by atoms with Crippen molar-refractivity contribution in [1.29, 1.82) is 5.26 Å². The van der Waals surface area contributed by atoms with Gasteiger partial charge in [-0.3, -0.25) is 4.79 Å². The molecule has 1 aromatic heterocycles. The first-order valence-corrected chi connectivity index (χ1v) is 6.04. The van der Waals surface area contributed by atoms with E-state index in [1.807, 2.05) is 19.9 Å². The molecule has 5 heteroatoms. The standard InChI is InChI=1S/C13H19N3O2/c1-11(2)15-9-13(17)16(7-4-6-14)10-12-5-3-8-18-12/h3,5,8,11,15H,4,7,9-10H2,1-2H3. The van der Waals surface area contributed by atoms with Crippen LogP contribution in [0.25, 0.3) is 0 Å². The van der Waals surface area contributed by atoms with Gasteiger partial charge in [0.25, 0.3) is 0 Å². The molecule has 0 aliphatic heterocycles. The van der Waals surface area contributed by atoms with Crippen molar-refractivity contribution in [3.63, 3.8) is 0 Å². The normalized spacial score (nSPS) is 10.3. The monoisotopic (exact) mass is 249 g/mol. The molecule has 0 atom stereocenters. The lowest BCUT2D eigenvalue weighted by Crippen LogP contribution is -2.40. The molecule has 1 aromatic rings. The Morgan fingerprint density at radius 2 is 2.39 bits per heavy atom. The Morgan fingerprint density at radius 3 is 2.94 bits per heavy atom. The Balaban J connectivity index is 2.54. The topological polar surface area (TPSA) is 69.3 Å². The number of nitrogens with zero attached hydrogens (tertiary/aromatic N) is 2. The quantitative estimate of drug-likeness (QED) is 0.795. The molecule has 0 aromatic carbocycles. The van der Waals surface area contributed by atoms with Crippen molar-refractivity contribution in [2.75, 3.05) is 13.1 Å². The maximum atomic E-state index is 12.0. The van der Waals surface area contributed by atoms with E-state index in [2.05, 4.69) is 11.4 Å². The van der Waals surface area contributed by atoms with Gasteiger partial charge in [0, 0.05) is 12.6 Å². The van der Waals surface area contributed by atoms with Crippen LogP contribution in [-0.2, 0) is 11.3 Å². The van der Waals surface area contributed by atoms with Crippen molar-refractivity contribution in [2.24, 2.45) is 0 Å². The van der Waals surface area contributed by atoms with E-state index in [9.17, 15) is 4.79 Å². The summed E-state index contributed by atoms with van der Waals surface area (Å²) in [4.78, 5) is 13.6. The molecule has 0 aliphatic carbocycles. The number of nitriles is 1. The fraction of sp³-hybridized carbons (Fsp3) is 0.538. The summed E-state index contributed by atoms with van der Waals surface area (Å²) in [6.45, 7) is 5.09. The second-order valence-electron chi connectivity index (χ2n) is 4.34. The summed E-state index contributed by atoms with van der Waals surface area (Å²) in [6, 6.07) is 5.92. The number of nitrogens with one attached hydrogen (secondary N) is 1. The number of hydrogen-bond acceptors (Lipinski definition) is 4. The molecule has 18 heavy (non-hydrogen) atoms. The molecule has 0 unspecified atom stereocenters. The van der Waals surface area contributed by atoms with Gasteiger partial charge in [-0.15, -0.1) is 0 Å². The van der Waals surface area contributed by atoms with Gasteiger partial charge in [0.05, 0.1) is 31.8 Å². The number of amides is 1. The highest BCUT2D eigenvalue weighted by Crippen LogP contribution is 2.06. The SMILES string of the molecule is CC(C)NCC(=O)N(CCC#N)Cc1ccco1. The molecule has 0 saturated carbocycles. The number of hydrogen-bond donors (Lipinski definition) is 1. The van der Waals surface area contributed by atoms with E-state index in [0.717, 1.165) is 5.76 Å². The Kier molecular flexibility index (Phi) is 5.95. The number of carbonyl (C=O) groups is 1. The molecule has 0 spiro atoms. The van der Waals surface area contributed by atoms with E-state index in [1.54, 1.807) is 17.2 Å². The summed E-state index contributed by atoms with van der Waals surface area (Å²) in [6.07, 6.45) is 1.91. The van der Waals surface area contributed by atoms with E-state index >= 15 is 0 Å². The van der Waals surface area contributed by atoms with Crippen LogP contribution in [0.5, 0.6) is 0 Å². The highest BCUT2D eigenvalue weighted by Gasteiger charge is 2.14. The molecule has 1 amide bonds. The zero-order chi connectivity index (χ0) is 13.4. The molecule has 98 valence electrons. The summed E-state index contributed by atoms with van der Waals surface area (Å²) in [7, 11) is 0. The Bertz CT molecular complexity index is 393. The molecular formula is C13H19N3O2. The minimum Gasteiger partial charge on any atom is -0.467 e. The third kappa shape index (κ3) is 5.02. The van der Waals surface area contributed by atoms with Gasteiger partial charge in [-0.05, 0) is 12.1 Å². The van der Waals surface area contributed by atoms with E-state index in [-0.39, 0.29) is 18.5 Å². The largest absolute Gasteiger partial charge is 0.467 e. The maximum Gasteiger partial charge on any atom is 0.236 e. The Labute approximate surface area is 107 Å². The molecule has 0 fully saturated rings. The third-order valence-corrected chi connectivity index (χ3v) is 2.43. The van der Waals surface area contributed by atoms with E-state index in [0.29, 0.717) is 19.5 Å². The maximum absolute atomic E-state index is 12.0. The number of furan rings is 1. The molecule has 0 saturated heterocycles. The van der Waals surface area contributed by atoms with Crippen molar-refractivity contribution in [3.8, 4) is 6.07 Å². The minimum absolute atomic E-state index is 0.0182. The van der Waals surface area contributed by atoms with Crippen LogP contribution in [0.1, 0.15) is 26.0 Å². The molecule has 1 heterocycles. The highest BCUT2D eigenvalue weighted by atomic mass is 16.3. The predicted octanol–water partition coefficient (Wildman–Crippen LogP) is 1.52.